The number of hydrogen-bond donors (Lipinski definition) is 1. The molecule has 0 spiro atoms. The molecule has 0 aliphatic carbocycles. The van der Waals surface area contributed by atoms with Gasteiger partial charge in [-0.25, -0.2) is 9.50 Å². The molecule has 1 atom stereocenters. The number of aromatic amines is 1. The van der Waals surface area contributed by atoms with E-state index < -0.39 is 0 Å². The molecule has 4 rings (SSSR count). The van der Waals surface area contributed by atoms with Crippen LogP contribution in [0.2, 0.25) is 0 Å². The lowest BCUT2D eigenvalue weighted by Crippen LogP contribution is -2.30. The van der Waals surface area contributed by atoms with E-state index in [0.29, 0.717) is 36.2 Å². The third-order valence-electron chi connectivity index (χ3n) is 6.22. The van der Waals surface area contributed by atoms with Gasteiger partial charge in [0.25, 0.3) is 5.56 Å². The van der Waals surface area contributed by atoms with Crippen LogP contribution in [0.4, 0.5) is 0 Å². The van der Waals surface area contributed by atoms with Crippen LogP contribution in [0.1, 0.15) is 68.4 Å². The van der Waals surface area contributed by atoms with Crippen molar-refractivity contribution >= 4 is 17.5 Å². The summed E-state index contributed by atoms with van der Waals surface area (Å²) in [5.41, 5.74) is 2.50. The SMILES string of the molecule is CCC(=O)N1CCC[C@@H]1c1cc2nc(C)c(CCC(=O)N3CCCC3)c(=O)n2[nH]1. The van der Waals surface area contributed by atoms with Crippen LogP contribution in [0.5, 0.6) is 0 Å². The quantitative estimate of drug-likeness (QED) is 0.832. The number of aromatic nitrogens is 3. The number of amides is 2. The number of hydrogen-bond acceptors (Lipinski definition) is 4. The Labute approximate surface area is 169 Å². The molecule has 2 aromatic rings. The average molecular weight is 399 g/mol. The molecule has 2 fully saturated rings. The van der Waals surface area contributed by atoms with E-state index in [1.807, 2.05) is 29.7 Å². The van der Waals surface area contributed by atoms with Gasteiger partial charge in [-0.05, 0) is 39.0 Å². The minimum absolute atomic E-state index is 0.0379. The highest BCUT2D eigenvalue weighted by molar-refractivity contribution is 5.77. The molecule has 156 valence electrons. The normalized spacial score (nSPS) is 19.4. The van der Waals surface area contributed by atoms with E-state index in [0.717, 1.165) is 51.0 Å². The van der Waals surface area contributed by atoms with Crippen molar-refractivity contribution in [2.24, 2.45) is 0 Å². The number of rotatable bonds is 5. The largest absolute Gasteiger partial charge is 0.343 e. The molecule has 2 amide bonds. The molecule has 0 unspecified atom stereocenters. The van der Waals surface area contributed by atoms with Crippen molar-refractivity contribution in [3.63, 3.8) is 0 Å². The third kappa shape index (κ3) is 3.68. The summed E-state index contributed by atoms with van der Waals surface area (Å²) in [6.07, 6.45) is 5.16. The van der Waals surface area contributed by atoms with Crippen LogP contribution >= 0.6 is 0 Å². The molecule has 8 nitrogen and oxygen atoms in total. The Morgan fingerprint density at radius 1 is 1.17 bits per heavy atom. The Morgan fingerprint density at radius 2 is 1.93 bits per heavy atom. The maximum atomic E-state index is 13.1. The van der Waals surface area contributed by atoms with Crippen molar-refractivity contribution in [2.75, 3.05) is 19.6 Å². The molecule has 29 heavy (non-hydrogen) atoms. The predicted octanol–water partition coefficient (Wildman–Crippen LogP) is 1.96. The molecule has 0 radical (unpaired) electrons. The number of carbonyl (C=O) groups is 2. The highest BCUT2D eigenvalue weighted by Crippen LogP contribution is 2.31. The summed E-state index contributed by atoms with van der Waals surface area (Å²) < 4.78 is 1.46. The molecule has 2 aliphatic heterocycles. The molecule has 4 heterocycles. The molecule has 8 heteroatoms. The van der Waals surface area contributed by atoms with Crippen molar-refractivity contribution in [2.45, 2.75) is 64.8 Å². The Kier molecular flexibility index (Phi) is 5.43. The van der Waals surface area contributed by atoms with Crippen molar-refractivity contribution in [3.05, 3.63) is 33.4 Å². The second kappa shape index (κ2) is 8.00. The summed E-state index contributed by atoms with van der Waals surface area (Å²) in [7, 11) is 0. The first-order valence-corrected chi connectivity index (χ1v) is 10.7. The van der Waals surface area contributed by atoms with Gasteiger partial charge in [0, 0.05) is 49.8 Å². The number of carbonyl (C=O) groups excluding carboxylic acids is 2. The van der Waals surface area contributed by atoms with Crippen LogP contribution in [0, 0.1) is 6.92 Å². The van der Waals surface area contributed by atoms with Gasteiger partial charge in [0.15, 0.2) is 5.65 Å². The first-order chi connectivity index (χ1) is 14.0. The van der Waals surface area contributed by atoms with E-state index in [2.05, 4.69) is 10.1 Å². The molecule has 1 N–H and O–H groups in total. The molecule has 2 aliphatic rings. The molecule has 0 bridgehead atoms. The second-order valence-corrected chi connectivity index (χ2v) is 8.07. The van der Waals surface area contributed by atoms with E-state index in [9.17, 15) is 14.4 Å². The zero-order valence-electron chi connectivity index (χ0n) is 17.2. The molecular weight excluding hydrogens is 370 g/mol. The third-order valence-corrected chi connectivity index (χ3v) is 6.22. The number of nitrogens with zero attached hydrogens (tertiary/aromatic N) is 4. The van der Waals surface area contributed by atoms with Crippen LogP contribution in [0.15, 0.2) is 10.9 Å². The average Bonchev–Trinajstić information content (AvgIpc) is 3.46. The molecule has 0 saturated carbocycles. The van der Waals surface area contributed by atoms with Gasteiger partial charge in [-0.15, -0.1) is 0 Å². The van der Waals surface area contributed by atoms with Gasteiger partial charge < -0.3 is 9.80 Å². The lowest BCUT2D eigenvalue weighted by atomic mass is 10.1. The van der Waals surface area contributed by atoms with Crippen LogP contribution in [0.25, 0.3) is 5.65 Å². The number of likely N-dealkylation sites (tertiary alicyclic amines) is 2. The fourth-order valence-corrected chi connectivity index (χ4v) is 4.60. The van der Waals surface area contributed by atoms with Gasteiger partial charge in [0.1, 0.15) is 0 Å². The molecule has 2 aromatic heterocycles. The molecule has 0 aromatic carbocycles. The van der Waals surface area contributed by atoms with E-state index in [1.54, 1.807) is 0 Å². The van der Waals surface area contributed by atoms with Gasteiger partial charge in [-0.3, -0.25) is 19.5 Å². The lowest BCUT2D eigenvalue weighted by molar-refractivity contribution is -0.132. The first-order valence-electron chi connectivity index (χ1n) is 10.7. The Hall–Kier alpha value is -2.64. The number of fused-ring (bicyclic) bond motifs is 1. The fraction of sp³-hybridized carbons (Fsp3) is 0.619. The fourth-order valence-electron chi connectivity index (χ4n) is 4.60. The Balaban J connectivity index is 1.59. The van der Waals surface area contributed by atoms with E-state index in [-0.39, 0.29) is 23.4 Å². The zero-order valence-corrected chi connectivity index (χ0v) is 17.2. The molecule has 2 saturated heterocycles. The number of aryl methyl sites for hydroxylation is 1. The van der Waals surface area contributed by atoms with Gasteiger partial charge in [-0.1, -0.05) is 6.92 Å². The Bertz CT molecular complexity index is 986. The predicted molar refractivity (Wildman–Crippen MR) is 109 cm³/mol. The highest BCUT2D eigenvalue weighted by atomic mass is 16.2. The summed E-state index contributed by atoms with van der Waals surface area (Å²) in [6.45, 7) is 6.09. The van der Waals surface area contributed by atoms with Gasteiger partial charge in [-0.2, -0.15) is 0 Å². The van der Waals surface area contributed by atoms with E-state index in [4.69, 9.17) is 0 Å². The van der Waals surface area contributed by atoms with Crippen LogP contribution in [-0.4, -0.2) is 55.8 Å². The second-order valence-electron chi connectivity index (χ2n) is 8.07. The monoisotopic (exact) mass is 399 g/mol. The van der Waals surface area contributed by atoms with Crippen molar-refractivity contribution in [1.82, 2.24) is 24.4 Å². The smallest absolute Gasteiger partial charge is 0.276 e. The summed E-state index contributed by atoms with van der Waals surface area (Å²) in [6, 6.07) is 1.84. The Morgan fingerprint density at radius 3 is 2.66 bits per heavy atom. The first kappa shape index (κ1) is 19.7. The van der Waals surface area contributed by atoms with Gasteiger partial charge in [0.05, 0.1) is 11.7 Å². The minimum atomic E-state index is -0.153. The van der Waals surface area contributed by atoms with Crippen molar-refractivity contribution in [3.8, 4) is 0 Å². The summed E-state index contributed by atoms with van der Waals surface area (Å²) >= 11 is 0. The van der Waals surface area contributed by atoms with Gasteiger partial charge in [0.2, 0.25) is 11.8 Å². The van der Waals surface area contributed by atoms with Crippen molar-refractivity contribution in [1.29, 1.82) is 0 Å². The zero-order chi connectivity index (χ0) is 20.5. The topological polar surface area (TPSA) is 90.8 Å². The van der Waals surface area contributed by atoms with Crippen molar-refractivity contribution < 1.29 is 9.59 Å². The van der Waals surface area contributed by atoms with E-state index in [1.165, 1.54) is 4.52 Å². The maximum Gasteiger partial charge on any atom is 0.276 e. The minimum Gasteiger partial charge on any atom is -0.343 e. The number of nitrogens with one attached hydrogen (secondary N) is 1. The van der Waals surface area contributed by atoms with Gasteiger partial charge >= 0.3 is 0 Å². The maximum absolute atomic E-state index is 13.1. The highest BCUT2D eigenvalue weighted by Gasteiger charge is 2.30. The van der Waals surface area contributed by atoms with Crippen LogP contribution in [0.3, 0.4) is 0 Å². The van der Waals surface area contributed by atoms with Crippen LogP contribution in [-0.2, 0) is 16.0 Å². The molecular formula is C21H29N5O3. The summed E-state index contributed by atoms with van der Waals surface area (Å²) in [5.74, 6) is 0.238. The summed E-state index contributed by atoms with van der Waals surface area (Å²) in [5, 5.41) is 3.18. The van der Waals surface area contributed by atoms with Crippen LogP contribution < -0.4 is 5.56 Å². The standard InChI is InChI=1S/C21H29N5O3/c1-3-19(27)25-12-6-7-17(25)16-13-18-22-14(2)15(21(29)26(18)23-16)8-9-20(28)24-10-4-5-11-24/h13,17,23H,3-12H2,1-2H3/t17-/m1/s1. The summed E-state index contributed by atoms with van der Waals surface area (Å²) in [4.78, 5) is 46.0. The van der Waals surface area contributed by atoms with E-state index >= 15 is 0 Å². The number of H-pyrrole nitrogens is 1. The lowest BCUT2D eigenvalue weighted by Gasteiger charge is -2.23.